The molecule has 3 rings (SSSR count). The first-order valence-corrected chi connectivity index (χ1v) is 9.20. The maximum absolute atomic E-state index is 12.7. The molecule has 5 heteroatoms. The standard InChI is InChI=1S/C15H18N2O2S.C2H6/c1-10-8-17(9-10)20(18,19)14-6-4-5-13-12(3)16-7-11(2)15(13)14;1-2/h4-7,10H,8-9H2,1-3H3;1-2H3. The van der Waals surface area contributed by atoms with E-state index in [0.717, 1.165) is 22.0 Å². The van der Waals surface area contributed by atoms with Crippen molar-refractivity contribution in [2.45, 2.75) is 39.5 Å². The molecular weight excluding hydrogens is 296 g/mol. The number of hydrogen-bond acceptors (Lipinski definition) is 3. The van der Waals surface area contributed by atoms with Crippen LogP contribution in [-0.4, -0.2) is 30.8 Å². The van der Waals surface area contributed by atoms with Crippen LogP contribution in [0.3, 0.4) is 0 Å². The van der Waals surface area contributed by atoms with Crippen LogP contribution in [0.25, 0.3) is 10.8 Å². The predicted molar refractivity (Wildman–Crippen MR) is 90.5 cm³/mol. The number of aromatic nitrogens is 1. The summed E-state index contributed by atoms with van der Waals surface area (Å²) in [5.41, 5.74) is 1.76. The SMILES string of the molecule is CC.Cc1ncc(C)c2c(S(=O)(=O)N3CC(C)C3)cccc12. The van der Waals surface area contributed by atoms with Crippen molar-refractivity contribution in [3.8, 4) is 0 Å². The fourth-order valence-corrected chi connectivity index (χ4v) is 4.72. The molecular formula is C17H24N2O2S. The van der Waals surface area contributed by atoms with E-state index in [1.165, 1.54) is 0 Å². The maximum atomic E-state index is 12.7. The summed E-state index contributed by atoms with van der Waals surface area (Å²) in [4.78, 5) is 4.72. The third-order valence-electron chi connectivity index (χ3n) is 3.91. The van der Waals surface area contributed by atoms with Crippen LogP contribution in [0, 0.1) is 19.8 Å². The second-order valence-corrected chi connectivity index (χ2v) is 7.54. The molecule has 0 saturated carbocycles. The molecule has 0 unspecified atom stereocenters. The van der Waals surface area contributed by atoms with Gasteiger partial charge in [0.1, 0.15) is 0 Å². The lowest BCUT2D eigenvalue weighted by atomic mass is 10.1. The third kappa shape index (κ3) is 2.75. The Labute approximate surface area is 133 Å². The highest BCUT2D eigenvalue weighted by molar-refractivity contribution is 7.89. The van der Waals surface area contributed by atoms with Gasteiger partial charge >= 0.3 is 0 Å². The average Bonchev–Trinajstić information content (AvgIpc) is 2.49. The summed E-state index contributed by atoms with van der Waals surface area (Å²) in [6.07, 6.45) is 1.75. The van der Waals surface area contributed by atoms with Crippen LogP contribution in [0.2, 0.25) is 0 Å². The van der Waals surface area contributed by atoms with E-state index >= 15 is 0 Å². The van der Waals surface area contributed by atoms with Crippen molar-refractivity contribution >= 4 is 20.8 Å². The summed E-state index contributed by atoms with van der Waals surface area (Å²) >= 11 is 0. The van der Waals surface area contributed by atoms with E-state index in [1.54, 1.807) is 22.6 Å². The number of aryl methyl sites for hydroxylation is 2. The molecule has 2 heterocycles. The van der Waals surface area contributed by atoms with Gasteiger partial charge in [0.05, 0.1) is 4.90 Å². The molecule has 0 bridgehead atoms. The van der Waals surface area contributed by atoms with E-state index in [2.05, 4.69) is 11.9 Å². The van der Waals surface area contributed by atoms with Crippen LogP contribution in [0.5, 0.6) is 0 Å². The van der Waals surface area contributed by atoms with Crippen molar-refractivity contribution in [2.24, 2.45) is 5.92 Å². The lowest BCUT2D eigenvalue weighted by Crippen LogP contribution is -2.48. The molecule has 1 aromatic carbocycles. The molecule has 0 atom stereocenters. The molecule has 1 fully saturated rings. The van der Waals surface area contributed by atoms with Crippen LogP contribution in [-0.2, 0) is 10.0 Å². The molecule has 2 aromatic rings. The first kappa shape index (κ1) is 16.9. The molecule has 1 aliphatic rings. The average molecular weight is 320 g/mol. The predicted octanol–water partition coefficient (Wildman–Crippen LogP) is 3.52. The van der Waals surface area contributed by atoms with Crippen molar-refractivity contribution < 1.29 is 8.42 Å². The highest BCUT2D eigenvalue weighted by atomic mass is 32.2. The van der Waals surface area contributed by atoms with Gasteiger partial charge < -0.3 is 0 Å². The molecule has 4 nitrogen and oxygen atoms in total. The molecule has 0 radical (unpaired) electrons. The van der Waals surface area contributed by atoms with Gasteiger partial charge in [0.15, 0.2) is 0 Å². The van der Waals surface area contributed by atoms with Crippen molar-refractivity contribution in [3.05, 3.63) is 35.7 Å². The van der Waals surface area contributed by atoms with Gasteiger partial charge in [-0.15, -0.1) is 0 Å². The van der Waals surface area contributed by atoms with Gasteiger partial charge in [0.2, 0.25) is 10.0 Å². The Morgan fingerprint density at radius 3 is 2.41 bits per heavy atom. The zero-order valence-corrected chi connectivity index (χ0v) is 14.7. The van der Waals surface area contributed by atoms with Crippen molar-refractivity contribution in [3.63, 3.8) is 0 Å². The largest absolute Gasteiger partial charge is 0.261 e. The molecule has 0 amide bonds. The minimum atomic E-state index is -3.40. The molecule has 22 heavy (non-hydrogen) atoms. The Morgan fingerprint density at radius 2 is 1.82 bits per heavy atom. The monoisotopic (exact) mass is 320 g/mol. The molecule has 0 aliphatic carbocycles. The molecule has 1 aliphatic heterocycles. The zero-order chi connectivity index (χ0) is 16.5. The summed E-state index contributed by atoms with van der Waals surface area (Å²) in [5.74, 6) is 0.448. The van der Waals surface area contributed by atoms with Crippen molar-refractivity contribution in [1.82, 2.24) is 9.29 Å². The van der Waals surface area contributed by atoms with E-state index < -0.39 is 10.0 Å². The molecule has 1 aromatic heterocycles. The number of rotatable bonds is 2. The summed E-state index contributed by atoms with van der Waals surface area (Å²) < 4.78 is 27.0. The van der Waals surface area contributed by atoms with Crippen molar-refractivity contribution in [1.29, 1.82) is 0 Å². The summed E-state index contributed by atoms with van der Waals surface area (Å²) in [6.45, 7) is 11.1. The van der Waals surface area contributed by atoms with Gasteiger partial charge in [0, 0.05) is 35.8 Å². The van der Waals surface area contributed by atoms with Crippen LogP contribution in [0.4, 0.5) is 0 Å². The van der Waals surface area contributed by atoms with E-state index in [0.29, 0.717) is 23.9 Å². The molecule has 1 saturated heterocycles. The van der Waals surface area contributed by atoms with E-state index in [1.807, 2.05) is 33.8 Å². The Balaban J connectivity index is 0.000000847. The Kier molecular flexibility index (Phi) is 4.87. The fourth-order valence-electron chi connectivity index (χ4n) is 2.76. The van der Waals surface area contributed by atoms with E-state index in [9.17, 15) is 8.42 Å². The first-order chi connectivity index (χ1) is 10.4. The quantitative estimate of drug-likeness (QED) is 0.850. The van der Waals surface area contributed by atoms with Gasteiger partial charge in [-0.25, -0.2) is 8.42 Å². The summed E-state index contributed by atoms with van der Waals surface area (Å²) in [6, 6.07) is 5.43. The molecule has 0 spiro atoms. The van der Waals surface area contributed by atoms with Gasteiger partial charge in [-0.2, -0.15) is 4.31 Å². The van der Waals surface area contributed by atoms with Crippen LogP contribution < -0.4 is 0 Å². The minimum absolute atomic E-state index is 0.407. The smallest absolute Gasteiger partial charge is 0.243 e. The summed E-state index contributed by atoms with van der Waals surface area (Å²) in [5, 5.41) is 1.72. The second kappa shape index (κ2) is 6.34. The Morgan fingerprint density at radius 1 is 1.18 bits per heavy atom. The second-order valence-electron chi connectivity index (χ2n) is 5.63. The van der Waals surface area contributed by atoms with E-state index in [-0.39, 0.29) is 0 Å². The van der Waals surface area contributed by atoms with Gasteiger partial charge in [-0.05, 0) is 31.4 Å². The van der Waals surface area contributed by atoms with Gasteiger partial charge in [0.25, 0.3) is 0 Å². The number of sulfonamides is 1. The number of benzene rings is 1. The van der Waals surface area contributed by atoms with Crippen LogP contribution >= 0.6 is 0 Å². The highest BCUT2D eigenvalue weighted by Crippen LogP contribution is 2.32. The number of pyridine rings is 1. The Hall–Kier alpha value is -1.46. The van der Waals surface area contributed by atoms with Gasteiger partial charge in [-0.3, -0.25) is 4.98 Å². The summed E-state index contributed by atoms with van der Waals surface area (Å²) in [7, 11) is -3.40. The maximum Gasteiger partial charge on any atom is 0.243 e. The first-order valence-electron chi connectivity index (χ1n) is 7.76. The zero-order valence-electron chi connectivity index (χ0n) is 13.9. The highest BCUT2D eigenvalue weighted by Gasteiger charge is 2.35. The van der Waals surface area contributed by atoms with Gasteiger partial charge in [-0.1, -0.05) is 32.9 Å². The lowest BCUT2D eigenvalue weighted by molar-refractivity contribution is 0.218. The number of hydrogen-bond donors (Lipinski definition) is 0. The third-order valence-corrected chi connectivity index (χ3v) is 5.78. The minimum Gasteiger partial charge on any atom is -0.261 e. The Bertz CT molecular complexity index is 779. The lowest BCUT2D eigenvalue weighted by Gasteiger charge is -2.36. The number of fused-ring (bicyclic) bond motifs is 1. The molecule has 0 N–H and O–H groups in total. The topological polar surface area (TPSA) is 50.3 Å². The fraction of sp³-hybridized carbons (Fsp3) is 0.471. The van der Waals surface area contributed by atoms with Crippen LogP contribution in [0.15, 0.2) is 29.3 Å². The molecule has 120 valence electrons. The number of nitrogens with zero attached hydrogens (tertiary/aromatic N) is 2. The van der Waals surface area contributed by atoms with Crippen molar-refractivity contribution in [2.75, 3.05) is 13.1 Å². The van der Waals surface area contributed by atoms with Crippen LogP contribution in [0.1, 0.15) is 32.0 Å². The van der Waals surface area contributed by atoms with E-state index in [4.69, 9.17) is 0 Å². The normalized spacial score (nSPS) is 16.0.